The molecule has 0 radical (unpaired) electrons. The van der Waals surface area contributed by atoms with Crippen molar-refractivity contribution >= 4 is 34.3 Å². The Morgan fingerprint density at radius 1 is 0.737 bits per heavy atom. The number of carboxylic acid groups (broad SMARTS) is 1. The fraction of sp³-hybridized carbons (Fsp3) is 0.239. The molecule has 296 valence electrons. The van der Waals surface area contributed by atoms with E-state index in [9.17, 15) is 29.0 Å². The lowest BCUT2D eigenvalue weighted by atomic mass is 9.94. The summed E-state index contributed by atoms with van der Waals surface area (Å²) in [4.78, 5) is 36.2. The number of carboxylic acids is 1. The Labute approximate surface area is 330 Å². The van der Waals surface area contributed by atoms with Crippen LogP contribution in [-0.4, -0.2) is 61.2 Å². The third-order valence-electron chi connectivity index (χ3n) is 9.21. The first-order chi connectivity index (χ1) is 27.3. The number of para-hydroxylation sites is 1. The summed E-state index contributed by atoms with van der Waals surface area (Å²) in [6.07, 6.45) is -3.61. The third kappa shape index (κ3) is 11.2. The lowest BCUT2D eigenvalue weighted by Gasteiger charge is -2.20. The number of ether oxygens (including phenoxy) is 1. The molecular formula is C46H47FN2O8. The van der Waals surface area contributed by atoms with E-state index < -0.39 is 36.7 Å². The largest absolute Gasteiger partial charge is 0.481 e. The number of esters is 1. The van der Waals surface area contributed by atoms with E-state index in [1.807, 2.05) is 109 Å². The molecule has 6 aromatic rings. The number of carbonyl (C=O) groups is 3. The van der Waals surface area contributed by atoms with Gasteiger partial charge in [0.05, 0.1) is 29.9 Å². The Kier molecular flexibility index (Phi) is 14.5. The SMILES string of the molecule is CC(C)c1c(C(=O)Nc2ccccc2)c(-c2ccccc2)c(-c2ccc(F)cc2)n1CC[C@@H](O)C[C@@H](O)CC(=O)O.CC(O)C(=O)Oc1ccc2ccccc2c1. The summed E-state index contributed by atoms with van der Waals surface area (Å²) in [7, 11) is 0. The first-order valence-electron chi connectivity index (χ1n) is 18.7. The molecule has 0 bridgehead atoms. The first-order valence-corrected chi connectivity index (χ1v) is 18.7. The first kappa shape index (κ1) is 42.0. The standard InChI is InChI=1S/C33H35FN2O5.C13H12O3/c1-21(2)31-30(33(41)35-25-11-7-4-8-12-25)29(22-9-5-3-6-10-22)32(23-13-15-24(34)16-14-23)36(31)18-17-26(37)19-27(38)20-28(39)40;1-9(14)13(15)16-12-7-6-10-4-2-3-5-11(10)8-12/h3-16,21,26-27,37-38H,17-20H2,1-2H3,(H,35,41)(H,39,40);2-9,14H,1H3/t26-,27-;/m1./s1. The zero-order chi connectivity index (χ0) is 41.1. The summed E-state index contributed by atoms with van der Waals surface area (Å²) in [6, 6.07) is 37.9. The number of carbonyl (C=O) groups excluding carboxylic acids is 2. The van der Waals surface area contributed by atoms with Crippen molar-refractivity contribution in [3.63, 3.8) is 0 Å². The highest BCUT2D eigenvalue weighted by atomic mass is 19.1. The van der Waals surface area contributed by atoms with Gasteiger partial charge in [-0.1, -0.05) is 92.7 Å². The minimum absolute atomic E-state index is 0.0939. The fourth-order valence-corrected chi connectivity index (χ4v) is 6.64. The minimum atomic E-state index is -1.18. The molecule has 0 fully saturated rings. The van der Waals surface area contributed by atoms with E-state index in [-0.39, 0.29) is 37.0 Å². The molecule has 0 aliphatic heterocycles. The number of aliphatic carboxylic acids is 1. The number of nitrogens with zero attached hydrogens (tertiary/aromatic N) is 1. The quantitative estimate of drug-likeness (QED) is 0.0545. The van der Waals surface area contributed by atoms with Crippen LogP contribution in [0.4, 0.5) is 10.1 Å². The van der Waals surface area contributed by atoms with Gasteiger partial charge in [0.2, 0.25) is 0 Å². The molecule has 11 heteroatoms. The number of rotatable bonds is 14. The zero-order valence-electron chi connectivity index (χ0n) is 32.0. The van der Waals surface area contributed by atoms with Crippen LogP contribution in [0.1, 0.15) is 62.0 Å². The van der Waals surface area contributed by atoms with Crippen LogP contribution in [0.25, 0.3) is 33.2 Å². The van der Waals surface area contributed by atoms with Crippen LogP contribution in [0.2, 0.25) is 0 Å². The number of nitrogens with one attached hydrogen (secondary N) is 1. The van der Waals surface area contributed by atoms with Crippen LogP contribution in [0.3, 0.4) is 0 Å². The summed E-state index contributed by atoms with van der Waals surface area (Å²) >= 11 is 0. The molecule has 10 nitrogen and oxygen atoms in total. The van der Waals surface area contributed by atoms with Crippen molar-refractivity contribution in [3.05, 3.63) is 144 Å². The topological polar surface area (TPSA) is 158 Å². The number of benzene rings is 5. The Morgan fingerprint density at radius 2 is 1.35 bits per heavy atom. The van der Waals surface area contributed by atoms with E-state index >= 15 is 0 Å². The lowest BCUT2D eigenvalue weighted by Crippen LogP contribution is -2.22. The molecule has 3 atom stereocenters. The highest BCUT2D eigenvalue weighted by Crippen LogP contribution is 2.42. The molecule has 1 aromatic heterocycles. The lowest BCUT2D eigenvalue weighted by molar-refractivity contribution is -0.142. The predicted molar refractivity (Wildman–Crippen MR) is 219 cm³/mol. The Morgan fingerprint density at radius 3 is 1.96 bits per heavy atom. The number of aliphatic hydroxyl groups is 3. The Bertz CT molecular complexity index is 2270. The van der Waals surface area contributed by atoms with E-state index in [2.05, 4.69) is 5.32 Å². The van der Waals surface area contributed by atoms with Gasteiger partial charge in [-0.05, 0) is 96.1 Å². The van der Waals surface area contributed by atoms with Crippen LogP contribution in [-0.2, 0) is 16.1 Å². The van der Waals surface area contributed by atoms with Gasteiger partial charge in [0.15, 0.2) is 0 Å². The van der Waals surface area contributed by atoms with Crippen molar-refractivity contribution in [2.24, 2.45) is 0 Å². The van der Waals surface area contributed by atoms with Gasteiger partial charge >= 0.3 is 11.9 Å². The molecular weight excluding hydrogens is 728 g/mol. The second-order valence-electron chi connectivity index (χ2n) is 14.0. The predicted octanol–water partition coefficient (Wildman–Crippen LogP) is 8.44. The number of hydrogen-bond donors (Lipinski definition) is 5. The highest BCUT2D eigenvalue weighted by molar-refractivity contribution is 6.12. The number of amides is 1. The molecule has 5 N–H and O–H groups in total. The molecule has 0 saturated carbocycles. The number of fused-ring (bicyclic) bond motifs is 1. The molecule has 1 heterocycles. The van der Waals surface area contributed by atoms with E-state index in [1.165, 1.54) is 19.1 Å². The number of hydrogen-bond acceptors (Lipinski definition) is 7. The molecule has 57 heavy (non-hydrogen) atoms. The fourth-order valence-electron chi connectivity index (χ4n) is 6.64. The average molecular weight is 775 g/mol. The molecule has 0 saturated heterocycles. The summed E-state index contributed by atoms with van der Waals surface area (Å²) in [5, 5.41) is 43.9. The van der Waals surface area contributed by atoms with Crippen LogP contribution in [0.5, 0.6) is 5.75 Å². The third-order valence-corrected chi connectivity index (χ3v) is 9.21. The van der Waals surface area contributed by atoms with Crippen molar-refractivity contribution in [1.29, 1.82) is 0 Å². The summed E-state index contributed by atoms with van der Waals surface area (Å²) in [5.74, 6) is -2.13. The Balaban J connectivity index is 0.000000322. The summed E-state index contributed by atoms with van der Waals surface area (Å²) < 4.78 is 21.0. The maximum atomic E-state index is 14.0. The van der Waals surface area contributed by atoms with Gasteiger partial charge in [0, 0.05) is 23.5 Å². The van der Waals surface area contributed by atoms with Gasteiger partial charge < -0.3 is 35.0 Å². The monoisotopic (exact) mass is 774 g/mol. The number of aliphatic hydroxyl groups excluding tert-OH is 3. The number of anilines is 1. The molecule has 5 aromatic carbocycles. The van der Waals surface area contributed by atoms with Gasteiger partial charge in [0.25, 0.3) is 5.91 Å². The van der Waals surface area contributed by atoms with Crippen molar-refractivity contribution < 1.29 is 43.9 Å². The van der Waals surface area contributed by atoms with Crippen LogP contribution < -0.4 is 10.1 Å². The smallest absolute Gasteiger partial charge is 0.340 e. The molecule has 1 amide bonds. The van der Waals surface area contributed by atoms with Crippen molar-refractivity contribution in [2.75, 3.05) is 5.32 Å². The highest BCUT2D eigenvalue weighted by Gasteiger charge is 2.31. The van der Waals surface area contributed by atoms with E-state index in [0.717, 1.165) is 22.0 Å². The van der Waals surface area contributed by atoms with Gasteiger partial charge in [-0.3, -0.25) is 9.59 Å². The van der Waals surface area contributed by atoms with Gasteiger partial charge in [-0.15, -0.1) is 0 Å². The van der Waals surface area contributed by atoms with Gasteiger partial charge in [-0.25, -0.2) is 9.18 Å². The van der Waals surface area contributed by atoms with Gasteiger partial charge in [-0.2, -0.15) is 0 Å². The molecule has 0 aliphatic rings. The van der Waals surface area contributed by atoms with Crippen molar-refractivity contribution in [1.82, 2.24) is 4.57 Å². The number of aromatic nitrogens is 1. The minimum Gasteiger partial charge on any atom is -0.481 e. The molecule has 0 aliphatic carbocycles. The Hall–Kier alpha value is -6.14. The van der Waals surface area contributed by atoms with Crippen LogP contribution in [0.15, 0.2) is 127 Å². The maximum Gasteiger partial charge on any atom is 0.340 e. The second kappa shape index (κ2) is 19.6. The summed E-state index contributed by atoms with van der Waals surface area (Å²) in [6.45, 7) is 5.63. The van der Waals surface area contributed by atoms with Crippen LogP contribution in [0, 0.1) is 5.82 Å². The zero-order valence-corrected chi connectivity index (χ0v) is 32.0. The van der Waals surface area contributed by atoms with E-state index in [4.69, 9.17) is 14.9 Å². The maximum absolute atomic E-state index is 14.0. The van der Waals surface area contributed by atoms with E-state index in [0.29, 0.717) is 33.8 Å². The molecule has 1 unspecified atom stereocenters. The molecule has 6 rings (SSSR count). The van der Waals surface area contributed by atoms with Crippen molar-refractivity contribution in [2.45, 2.75) is 70.8 Å². The molecule has 0 spiro atoms. The second-order valence-corrected chi connectivity index (χ2v) is 14.0. The summed E-state index contributed by atoms with van der Waals surface area (Å²) in [5.41, 5.74) is 4.77. The van der Waals surface area contributed by atoms with Crippen LogP contribution >= 0.6 is 0 Å². The normalized spacial score (nSPS) is 12.6. The average Bonchev–Trinajstić information content (AvgIpc) is 3.53. The van der Waals surface area contributed by atoms with E-state index in [1.54, 1.807) is 24.3 Å². The van der Waals surface area contributed by atoms with Crippen molar-refractivity contribution in [3.8, 4) is 28.1 Å². The van der Waals surface area contributed by atoms with Gasteiger partial charge in [0.1, 0.15) is 17.7 Å². The number of halogens is 1.